The predicted molar refractivity (Wildman–Crippen MR) is 71.6 cm³/mol. The summed E-state index contributed by atoms with van der Waals surface area (Å²) in [5.74, 6) is -0.332. The highest BCUT2D eigenvalue weighted by Gasteiger charge is 2.33. The van der Waals surface area contributed by atoms with Crippen molar-refractivity contribution in [1.29, 1.82) is 0 Å². The second-order valence-corrected chi connectivity index (χ2v) is 5.23. The highest BCUT2D eigenvalue weighted by atomic mass is 16.5. The van der Waals surface area contributed by atoms with Gasteiger partial charge in [0.05, 0.1) is 25.0 Å². The Kier molecular flexibility index (Phi) is 3.08. The van der Waals surface area contributed by atoms with E-state index in [2.05, 4.69) is 4.98 Å². The van der Waals surface area contributed by atoms with Crippen LogP contribution in [-0.4, -0.2) is 42.0 Å². The summed E-state index contributed by atoms with van der Waals surface area (Å²) in [6, 6.07) is 1.71. The van der Waals surface area contributed by atoms with Gasteiger partial charge in [-0.3, -0.25) is 4.79 Å². The number of carboxylic acids is 1. The van der Waals surface area contributed by atoms with Crippen LogP contribution in [0.4, 0.5) is 5.69 Å². The van der Waals surface area contributed by atoms with Crippen LogP contribution in [0, 0.1) is 0 Å². The van der Waals surface area contributed by atoms with Crippen molar-refractivity contribution < 1.29 is 19.4 Å². The van der Waals surface area contributed by atoms with Gasteiger partial charge in [0.1, 0.15) is 0 Å². The van der Waals surface area contributed by atoms with E-state index in [-0.39, 0.29) is 17.2 Å². The standard InChI is InChI=1S/C14H16N2O4/c1-20-11-6-10(16-5-4-9(17)7-16)12(8-2-3-8)15-13(11)14(18)19/h6,8H,2-5,7H2,1H3,(H,18,19). The van der Waals surface area contributed by atoms with Gasteiger partial charge in [0, 0.05) is 24.9 Å². The van der Waals surface area contributed by atoms with Gasteiger partial charge < -0.3 is 14.7 Å². The van der Waals surface area contributed by atoms with Crippen LogP contribution in [0.5, 0.6) is 5.75 Å². The Morgan fingerprint density at radius 1 is 1.50 bits per heavy atom. The van der Waals surface area contributed by atoms with Crippen molar-refractivity contribution in [3.05, 3.63) is 17.5 Å². The fourth-order valence-corrected chi connectivity index (χ4v) is 2.55. The van der Waals surface area contributed by atoms with E-state index in [1.165, 1.54) is 7.11 Å². The van der Waals surface area contributed by atoms with E-state index in [0.29, 0.717) is 25.4 Å². The molecule has 2 aliphatic rings. The number of Topliss-reactive ketones (excluding diaryl/α,β-unsaturated/α-hetero) is 1. The molecule has 6 nitrogen and oxygen atoms in total. The lowest BCUT2D eigenvalue weighted by Crippen LogP contribution is -2.22. The van der Waals surface area contributed by atoms with Gasteiger partial charge >= 0.3 is 5.97 Å². The number of aromatic nitrogens is 1. The fourth-order valence-electron chi connectivity index (χ4n) is 2.55. The second kappa shape index (κ2) is 4.77. The van der Waals surface area contributed by atoms with Crippen LogP contribution in [0.1, 0.15) is 41.4 Å². The Bertz CT molecular complexity index is 581. The Hall–Kier alpha value is -2.11. The summed E-state index contributed by atoms with van der Waals surface area (Å²) in [5, 5.41) is 9.21. The second-order valence-electron chi connectivity index (χ2n) is 5.23. The van der Waals surface area contributed by atoms with E-state index in [9.17, 15) is 14.7 Å². The monoisotopic (exact) mass is 276 g/mol. The Morgan fingerprint density at radius 2 is 2.25 bits per heavy atom. The summed E-state index contributed by atoms with van der Waals surface area (Å²) >= 11 is 0. The highest BCUT2D eigenvalue weighted by Crippen LogP contribution is 2.45. The number of hydrogen-bond acceptors (Lipinski definition) is 5. The van der Waals surface area contributed by atoms with Crippen LogP contribution >= 0.6 is 0 Å². The number of ether oxygens (including phenoxy) is 1. The van der Waals surface area contributed by atoms with Crippen LogP contribution in [-0.2, 0) is 4.79 Å². The number of carbonyl (C=O) groups is 2. The van der Waals surface area contributed by atoms with Gasteiger partial charge in [-0.05, 0) is 12.8 Å². The Morgan fingerprint density at radius 3 is 2.75 bits per heavy atom. The molecule has 1 N–H and O–H groups in total. The molecule has 20 heavy (non-hydrogen) atoms. The molecule has 2 heterocycles. The number of ketones is 1. The van der Waals surface area contributed by atoms with Gasteiger partial charge in [0.25, 0.3) is 0 Å². The zero-order valence-electron chi connectivity index (χ0n) is 11.3. The van der Waals surface area contributed by atoms with Crippen molar-refractivity contribution in [3.8, 4) is 5.75 Å². The summed E-state index contributed by atoms with van der Waals surface area (Å²) < 4.78 is 5.13. The van der Waals surface area contributed by atoms with Crippen LogP contribution in [0.15, 0.2) is 6.07 Å². The molecule has 1 aromatic rings. The molecule has 0 unspecified atom stereocenters. The summed E-state index contributed by atoms with van der Waals surface area (Å²) in [5.41, 5.74) is 1.58. The van der Waals surface area contributed by atoms with Crippen LogP contribution in [0.2, 0.25) is 0 Å². The van der Waals surface area contributed by atoms with Crippen LogP contribution in [0.25, 0.3) is 0 Å². The normalized spacial score (nSPS) is 18.4. The van der Waals surface area contributed by atoms with E-state index in [1.54, 1.807) is 6.07 Å². The smallest absolute Gasteiger partial charge is 0.358 e. The van der Waals surface area contributed by atoms with Crippen molar-refractivity contribution in [3.63, 3.8) is 0 Å². The summed E-state index contributed by atoms with van der Waals surface area (Å²) in [7, 11) is 1.43. The molecule has 3 rings (SSSR count). The van der Waals surface area contributed by atoms with Gasteiger partial charge in [-0.25, -0.2) is 9.78 Å². The van der Waals surface area contributed by atoms with Crippen molar-refractivity contribution in [2.45, 2.75) is 25.2 Å². The predicted octanol–water partition coefficient (Wildman–Crippen LogP) is 1.45. The Balaban J connectivity index is 2.07. The van der Waals surface area contributed by atoms with Crippen LogP contribution < -0.4 is 9.64 Å². The minimum absolute atomic E-state index is 0.0522. The summed E-state index contributed by atoms with van der Waals surface area (Å²) in [6.07, 6.45) is 2.58. The number of nitrogens with zero attached hydrogens (tertiary/aromatic N) is 2. The lowest BCUT2D eigenvalue weighted by molar-refractivity contribution is -0.116. The summed E-state index contributed by atoms with van der Waals surface area (Å²) in [6.45, 7) is 1.03. The quantitative estimate of drug-likeness (QED) is 0.896. The number of methoxy groups -OCH3 is 1. The molecule has 0 amide bonds. The van der Waals surface area contributed by atoms with E-state index in [0.717, 1.165) is 24.2 Å². The van der Waals surface area contributed by atoms with Gasteiger partial charge in [0.2, 0.25) is 0 Å². The third-order valence-corrected chi connectivity index (χ3v) is 3.75. The molecule has 0 bridgehead atoms. The molecule has 106 valence electrons. The lowest BCUT2D eigenvalue weighted by atomic mass is 10.1. The maximum Gasteiger partial charge on any atom is 0.358 e. The molecule has 2 fully saturated rings. The zero-order valence-corrected chi connectivity index (χ0v) is 11.3. The van der Waals surface area contributed by atoms with Gasteiger partial charge in [-0.2, -0.15) is 0 Å². The first-order chi connectivity index (χ1) is 9.60. The molecule has 1 saturated carbocycles. The van der Waals surface area contributed by atoms with Gasteiger partial charge in [-0.15, -0.1) is 0 Å². The van der Waals surface area contributed by atoms with Gasteiger partial charge in [-0.1, -0.05) is 0 Å². The number of carboxylic acid groups (broad SMARTS) is 1. The molecule has 0 radical (unpaired) electrons. The van der Waals surface area contributed by atoms with Crippen molar-refractivity contribution in [2.24, 2.45) is 0 Å². The molecule has 1 aromatic heterocycles. The lowest BCUT2D eigenvalue weighted by Gasteiger charge is -2.21. The highest BCUT2D eigenvalue weighted by molar-refractivity contribution is 5.91. The minimum Gasteiger partial charge on any atom is -0.494 e. The number of pyridine rings is 1. The molecular formula is C14H16N2O4. The zero-order chi connectivity index (χ0) is 14.3. The van der Waals surface area contributed by atoms with E-state index >= 15 is 0 Å². The Labute approximate surface area is 116 Å². The SMILES string of the molecule is COc1cc(N2CCC(=O)C2)c(C2CC2)nc1C(=O)O. The molecule has 1 aliphatic heterocycles. The number of hydrogen-bond donors (Lipinski definition) is 1. The molecule has 1 aliphatic carbocycles. The van der Waals surface area contributed by atoms with Crippen LogP contribution in [0.3, 0.4) is 0 Å². The van der Waals surface area contributed by atoms with Crippen molar-refractivity contribution in [2.75, 3.05) is 25.1 Å². The van der Waals surface area contributed by atoms with E-state index in [4.69, 9.17) is 4.74 Å². The number of rotatable bonds is 4. The fraction of sp³-hybridized carbons (Fsp3) is 0.500. The summed E-state index contributed by atoms with van der Waals surface area (Å²) in [4.78, 5) is 29.0. The first-order valence-corrected chi connectivity index (χ1v) is 6.69. The third kappa shape index (κ3) is 2.21. The van der Waals surface area contributed by atoms with Crippen molar-refractivity contribution >= 4 is 17.4 Å². The van der Waals surface area contributed by atoms with E-state index < -0.39 is 5.97 Å². The molecule has 0 aromatic carbocycles. The molecule has 1 saturated heterocycles. The topological polar surface area (TPSA) is 79.7 Å². The maximum atomic E-state index is 11.5. The average Bonchev–Trinajstić information content (AvgIpc) is 3.19. The molecule has 0 atom stereocenters. The molecule has 6 heteroatoms. The maximum absolute atomic E-state index is 11.5. The average molecular weight is 276 g/mol. The van der Waals surface area contributed by atoms with Gasteiger partial charge in [0.15, 0.2) is 17.2 Å². The third-order valence-electron chi connectivity index (χ3n) is 3.75. The first kappa shape index (κ1) is 12.9. The number of carbonyl (C=O) groups excluding carboxylic acids is 1. The first-order valence-electron chi connectivity index (χ1n) is 6.69. The number of anilines is 1. The van der Waals surface area contributed by atoms with Crippen molar-refractivity contribution in [1.82, 2.24) is 4.98 Å². The molecule has 0 spiro atoms. The largest absolute Gasteiger partial charge is 0.494 e. The van der Waals surface area contributed by atoms with E-state index in [1.807, 2.05) is 4.90 Å². The molecular weight excluding hydrogens is 260 g/mol. The number of aromatic carboxylic acids is 1. The minimum atomic E-state index is -1.09.